The van der Waals surface area contributed by atoms with Crippen LogP contribution in [-0.2, 0) is 4.79 Å². The number of carbonyl (C=O) groups is 1. The summed E-state index contributed by atoms with van der Waals surface area (Å²) in [6, 6.07) is 0. The van der Waals surface area contributed by atoms with Gasteiger partial charge in [0.2, 0.25) is 5.91 Å². The highest BCUT2D eigenvalue weighted by atomic mass is 16.1. The first-order chi connectivity index (χ1) is 8.24. The van der Waals surface area contributed by atoms with E-state index in [0.29, 0.717) is 18.3 Å². The van der Waals surface area contributed by atoms with E-state index in [0.717, 1.165) is 26.2 Å². The van der Waals surface area contributed by atoms with Gasteiger partial charge >= 0.3 is 0 Å². The van der Waals surface area contributed by atoms with Gasteiger partial charge in [-0.05, 0) is 50.9 Å². The highest BCUT2D eigenvalue weighted by Crippen LogP contribution is 2.10. The number of hydrogen-bond donors (Lipinski definition) is 2. The summed E-state index contributed by atoms with van der Waals surface area (Å²) in [4.78, 5) is 14.1. The van der Waals surface area contributed by atoms with E-state index in [1.54, 1.807) is 0 Å². The molecule has 0 aliphatic carbocycles. The molecule has 1 amide bonds. The first kappa shape index (κ1) is 12.8. The van der Waals surface area contributed by atoms with Crippen molar-refractivity contribution in [2.45, 2.75) is 26.2 Å². The Hall–Kier alpha value is -0.610. The zero-order valence-corrected chi connectivity index (χ0v) is 10.9. The minimum absolute atomic E-state index is 0.227. The summed E-state index contributed by atoms with van der Waals surface area (Å²) >= 11 is 0. The van der Waals surface area contributed by atoms with Crippen LogP contribution in [0.25, 0.3) is 0 Å². The van der Waals surface area contributed by atoms with E-state index in [4.69, 9.17) is 0 Å². The van der Waals surface area contributed by atoms with Crippen LogP contribution in [0.4, 0.5) is 0 Å². The minimum Gasteiger partial charge on any atom is -0.356 e. The molecule has 2 rings (SSSR count). The van der Waals surface area contributed by atoms with E-state index in [-0.39, 0.29) is 5.91 Å². The Labute approximate surface area is 104 Å². The molecule has 98 valence electrons. The summed E-state index contributed by atoms with van der Waals surface area (Å²) in [6.45, 7) is 8.69. The van der Waals surface area contributed by atoms with Crippen molar-refractivity contribution in [1.82, 2.24) is 15.5 Å². The number of rotatable bonds is 6. The van der Waals surface area contributed by atoms with Crippen molar-refractivity contribution >= 4 is 5.91 Å². The van der Waals surface area contributed by atoms with Crippen molar-refractivity contribution in [3.05, 3.63) is 0 Å². The Kier molecular flexibility index (Phi) is 4.80. The number of amides is 1. The van der Waals surface area contributed by atoms with Gasteiger partial charge in [-0.15, -0.1) is 0 Å². The van der Waals surface area contributed by atoms with Gasteiger partial charge in [0.25, 0.3) is 0 Å². The van der Waals surface area contributed by atoms with Crippen molar-refractivity contribution in [2.24, 2.45) is 11.8 Å². The third-order valence-corrected chi connectivity index (χ3v) is 3.76. The predicted octanol–water partition coefficient (Wildman–Crippen LogP) is 0.444. The highest BCUT2D eigenvalue weighted by molar-refractivity contribution is 5.76. The van der Waals surface area contributed by atoms with Gasteiger partial charge in [0.1, 0.15) is 0 Å². The molecule has 2 aliphatic heterocycles. The summed E-state index contributed by atoms with van der Waals surface area (Å²) in [5.41, 5.74) is 0. The van der Waals surface area contributed by atoms with Crippen LogP contribution < -0.4 is 10.6 Å². The van der Waals surface area contributed by atoms with Crippen LogP contribution in [0.15, 0.2) is 0 Å². The first-order valence-electron chi connectivity index (χ1n) is 6.94. The minimum atomic E-state index is 0.227. The molecule has 0 radical (unpaired) electrons. The van der Waals surface area contributed by atoms with Gasteiger partial charge in [0.15, 0.2) is 0 Å². The Balaban J connectivity index is 1.54. The molecule has 0 aromatic carbocycles. The Morgan fingerprint density at radius 1 is 1.41 bits per heavy atom. The van der Waals surface area contributed by atoms with Crippen LogP contribution in [-0.4, -0.2) is 50.1 Å². The SMILES string of the molecule is CC(CNC(=O)CC1CNC1)CN1CCCC1. The fourth-order valence-electron chi connectivity index (χ4n) is 2.59. The molecule has 4 heteroatoms. The predicted molar refractivity (Wildman–Crippen MR) is 68.8 cm³/mol. The van der Waals surface area contributed by atoms with Crippen molar-refractivity contribution in [3.8, 4) is 0 Å². The fourth-order valence-corrected chi connectivity index (χ4v) is 2.59. The van der Waals surface area contributed by atoms with Crippen molar-refractivity contribution in [3.63, 3.8) is 0 Å². The van der Waals surface area contributed by atoms with Crippen molar-refractivity contribution in [1.29, 1.82) is 0 Å². The molecule has 0 aromatic rings. The van der Waals surface area contributed by atoms with Gasteiger partial charge < -0.3 is 15.5 Å². The second-order valence-electron chi connectivity index (χ2n) is 5.65. The summed E-state index contributed by atoms with van der Waals surface area (Å²) < 4.78 is 0. The van der Waals surface area contributed by atoms with Gasteiger partial charge in [0.05, 0.1) is 0 Å². The van der Waals surface area contributed by atoms with Crippen LogP contribution in [0.5, 0.6) is 0 Å². The van der Waals surface area contributed by atoms with E-state index >= 15 is 0 Å². The second kappa shape index (κ2) is 6.36. The van der Waals surface area contributed by atoms with E-state index < -0.39 is 0 Å². The van der Waals surface area contributed by atoms with Crippen LogP contribution in [0.3, 0.4) is 0 Å². The molecule has 1 unspecified atom stereocenters. The van der Waals surface area contributed by atoms with Gasteiger partial charge in [0, 0.05) is 19.5 Å². The lowest BCUT2D eigenvalue weighted by Gasteiger charge is -2.26. The van der Waals surface area contributed by atoms with E-state index in [1.807, 2.05) is 0 Å². The third kappa shape index (κ3) is 4.28. The molecule has 0 bridgehead atoms. The molecule has 4 nitrogen and oxygen atoms in total. The maximum Gasteiger partial charge on any atom is 0.220 e. The summed E-state index contributed by atoms with van der Waals surface area (Å²) in [7, 11) is 0. The normalized spacial score (nSPS) is 23.4. The molecular weight excluding hydrogens is 214 g/mol. The van der Waals surface area contributed by atoms with Crippen LogP contribution in [0.2, 0.25) is 0 Å². The largest absolute Gasteiger partial charge is 0.356 e. The topological polar surface area (TPSA) is 44.4 Å². The Morgan fingerprint density at radius 2 is 2.12 bits per heavy atom. The molecule has 0 aromatic heterocycles. The zero-order chi connectivity index (χ0) is 12.1. The second-order valence-corrected chi connectivity index (χ2v) is 5.65. The van der Waals surface area contributed by atoms with Gasteiger partial charge in [-0.2, -0.15) is 0 Å². The van der Waals surface area contributed by atoms with Crippen molar-refractivity contribution in [2.75, 3.05) is 39.3 Å². The van der Waals surface area contributed by atoms with Gasteiger partial charge in [-0.1, -0.05) is 6.92 Å². The molecule has 0 spiro atoms. The number of carbonyl (C=O) groups excluding carboxylic acids is 1. The zero-order valence-electron chi connectivity index (χ0n) is 10.9. The third-order valence-electron chi connectivity index (χ3n) is 3.76. The van der Waals surface area contributed by atoms with Gasteiger partial charge in [-0.25, -0.2) is 0 Å². The number of likely N-dealkylation sites (tertiary alicyclic amines) is 1. The average Bonchev–Trinajstić information content (AvgIpc) is 2.73. The Bertz CT molecular complexity index is 247. The molecule has 2 saturated heterocycles. The molecule has 0 saturated carbocycles. The van der Waals surface area contributed by atoms with E-state index in [9.17, 15) is 4.79 Å². The smallest absolute Gasteiger partial charge is 0.220 e. The molecule has 2 heterocycles. The maximum atomic E-state index is 11.6. The highest BCUT2D eigenvalue weighted by Gasteiger charge is 2.20. The number of nitrogens with zero attached hydrogens (tertiary/aromatic N) is 1. The van der Waals surface area contributed by atoms with Crippen molar-refractivity contribution < 1.29 is 4.79 Å². The molecule has 2 N–H and O–H groups in total. The molecule has 17 heavy (non-hydrogen) atoms. The lowest BCUT2D eigenvalue weighted by molar-refractivity contribution is -0.122. The average molecular weight is 239 g/mol. The van der Waals surface area contributed by atoms with Gasteiger partial charge in [-0.3, -0.25) is 4.79 Å². The fraction of sp³-hybridized carbons (Fsp3) is 0.923. The maximum absolute atomic E-state index is 11.6. The molecule has 2 fully saturated rings. The standard InChI is InChI=1S/C13H25N3O/c1-11(10-16-4-2-3-5-16)7-15-13(17)6-12-8-14-9-12/h11-12,14H,2-10H2,1H3,(H,15,17). The number of nitrogens with one attached hydrogen (secondary N) is 2. The Morgan fingerprint density at radius 3 is 2.71 bits per heavy atom. The van der Waals surface area contributed by atoms with E-state index in [1.165, 1.54) is 25.9 Å². The lowest BCUT2D eigenvalue weighted by Crippen LogP contribution is -2.45. The van der Waals surface area contributed by atoms with Crippen LogP contribution in [0, 0.1) is 11.8 Å². The first-order valence-corrected chi connectivity index (χ1v) is 6.94. The van der Waals surface area contributed by atoms with E-state index in [2.05, 4.69) is 22.5 Å². The van der Waals surface area contributed by atoms with Crippen LogP contribution >= 0.6 is 0 Å². The number of hydrogen-bond acceptors (Lipinski definition) is 3. The quantitative estimate of drug-likeness (QED) is 0.707. The van der Waals surface area contributed by atoms with Crippen LogP contribution in [0.1, 0.15) is 26.2 Å². The summed E-state index contributed by atoms with van der Waals surface area (Å²) in [5, 5.41) is 6.26. The molecule has 2 aliphatic rings. The summed E-state index contributed by atoms with van der Waals surface area (Å²) in [6.07, 6.45) is 3.38. The molecular formula is C13H25N3O. The summed E-state index contributed by atoms with van der Waals surface area (Å²) in [5.74, 6) is 1.37. The molecule has 1 atom stereocenters. The monoisotopic (exact) mass is 239 g/mol. The lowest BCUT2D eigenvalue weighted by atomic mass is 9.99.